The number of nitrogens with zero attached hydrogens (tertiary/aromatic N) is 1. The van der Waals surface area contributed by atoms with Crippen molar-refractivity contribution >= 4 is 11.5 Å². The van der Waals surface area contributed by atoms with Gasteiger partial charge in [-0.25, -0.2) is 0 Å². The van der Waals surface area contributed by atoms with E-state index in [9.17, 15) is 30.3 Å². The van der Waals surface area contributed by atoms with Crippen LogP contribution < -0.4 is 20.7 Å². The lowest BCUT2D eigenvalue weighted by atomic mass is 9.84. The van der Waals surface area contributed by atoms with Crippen molar-refractivity contribution in [1.82, 2.24) is 5.32 Å². The number of aliphatic hydroxyl groups excluding tert-OH is 3. The second-order valence-corrected chi connectivity index (χ2v) is 13.2. The first-order valence-electron chi connectivity index (χ1n) is 16.8. The summed E-state index contributed by atoms with van der Waals surface area (Å²) in [4.78, 5) is 18.3. The summed E-state index contributed by atoms with van der Waals surface area (Å²) in [6, 6.07) is 6.61. The Balaban J connectivity index is 1.21. The smallest absolute Gasteiger partial charge is 0.247 e. The molecule has 11 nitrogen and oxygen atoms in total. The normalized spacial score (nSPS) is 24.0. The molecule has 2 aromatic rings. The molecule has 0 saturated carbocycles. The topological polar surface area (TPSA) is 182 Å². The van der Waals surface area contributed by atoms with E-state index >= 15 is 0 Å². The number of aliphatic imine (C=N–C) groups is 1. The van der Waals surface area contributed by atoms with Gasteiger partial charge in [0.25, 0.3) is 0 Å². The number of ketones is 1. The summed E-state index contributed by atoms with van der Waals surface area (Å²) < 4.78 is 6.38. The van der Waals surface area contributed by atoms with E-state index in [2.05, 4.69) is 23.4 Å². The van der Waals surface area contributed by atoms with Gasteiger partial charge in [0, 0.05) is 38.1 Å². The van der Waals surface area contributed by atoms with E-state index in [0.29, 0.717) is 24.9 Å². The Morgan fingerprint density at radius 1 is 1.17 bits per heavy atom. The van der Waals surface area contributed by atoms with Gasteiger partial charge >= 0.3 is 0 Å². The maximum absolute atomic E-state index is 12.6. The molecule has 48 heavy (non-hydrogen) atoms. The number of quaternary nitrogens is 1. The highest BCUT2D eigenvalue weighted by atomic mass is 16.5. The zero-order valence-electron chi connectivity index (χ0n) is 27.2. The first-order chi connectivity index (χ1) is 23.1. The molecule has 4 aliphatic heterocycles. The van der Waals surface area contributed by atoms with Gasteiger partial charge in [0.2, 0.25) is 6.23 Å². The number of allylic oxidation sites excluding steroid dienone is 1. The minimum Gasteiger partial charge on any atom is -0.508 e. The second kappa shape index (κ2) is 14.6. The molecule has 4 heterocycles. The Morgan fingerprint density at radius 2 is 1.98 bits per heavy atom. The largest absolute Gasteiger partial charge is 0.508 e. The molecule has 9 N–H and O–H groups in total. The Kier molecular flexibility index (Phi) is 10.3. The highest BCUT2D eigenvalue weighted by molar-refractivity contribution is 6.08. The van der Waals surface area contributed by atoms with Gasteiger partial charge < -0.3 is 36.0 Å². The molecular weight excluding hydrogens is 612 g/mol. The fraction of sp³-hybridized carbons (Fsp3) is 0.459. The molecule has 4 aliphatic rings. The Labute approximate surface area is 280 Å². The van der Waals surface area contributed by atoms with Crippen molar-refractivity contribution in [3.63, 3.8) is 0 Å². The molecule has 0 fully saturated rings. The van der Waals surface area contributed by atoms with E-state index in [1.54, 1.807) is 0 Å². The van der Waals surface area contributed by atoms with Crippen LogP contribution in [0.1, 0.15) is 85.5 Å². The molecule has 0 aromatic heterocycles. The molecule has 1 unspecified atom stereocenters. The van der Waals surface area contributed by atoms with Crippen LogP contribution in [0.2, 0.25) is 0 Å². The van der Waals surface area contributed by atoms with Crippen LogP contribution in [0.4, 0.5) is 0 Å². The summed E-state index contributed by atoms with van der Waals surface area (Å²) in [7, 11) is 0. The first-order valence-corrected chi connectivity index (χ1v) is 16.8. The van der Waals surface area contributed by atoms with Crippen LogP contribution in [-0.2, 0) is 24.1 Å². The zero-order valence-corrected chi connectivity index (χ0v) is 27.2. The minimum atomic E-state index is -1.02. The third-order valence-electron chi connectivity index (χ3n) is 9.65. The van der Waals surface area contributed by atoms with E-state index < -0.39 is 24.5 Å². The Hall–Kier alpha value is -4.02. The number of Topliss-reactive ketones (excluding diaryl/α,β-unsaturated/α-hetero) is 1. The standard InChI is InChI=1S/C37H44N4O7/c1-2-4-23(42)15-25(44)16-24(43)8-7-21-14-35(34(47)17-33(21)46)48-36-6-3-5-32(45)27-9-10-28-26(11-12-39-37(28)38)29(27)13-22-18-40-31-20-41(36)19-30(22)31/h9-10,14,17-19,23,25,32,36-37,39,42,44-47H,2,4,6-8,11-13,15-16,20,38H2,1H3/p+1/t23-,25+,32-,36+,37+/m0/s1. The monoisotopic (exact) mass is 657 g/mol. The van der Waals surface area contributed by atoms with E-state index in [4.69, 9.17) is 15.5 Å². The molecule has 6 rings (SSSR count). The van der Waals surface area contributed by atoms with Crippen LogP contribution in [0.25, 0.3) is 0 Å². The predicted molar refractivity (Wildman–Crippen MR) is 179 cm³/mol. The first kappa shape index (κ1) is 33.9. The number of carbonyl (C=O) groups is 1. The van der Waals surface area contributed by atoms with Crippen LogP contribution in [0.15, 0.2) is 52.8 Å². The van der Waals surface area contributed by atoms with Crippen LogP contribution in [0.3, 0.4) is 0 Å². The molecule has 2 bridgehead atoms. The van der Waals surface area contributed by atoms with Crippen molar-refractivity contribution in [3.8, 4) is 29.1 Å². The van der Waals surface area contributed by atoms with Gasteiger partial charge in [-0.1, -0.05) is 37.3 Å². The maximum atomic E-state index is 12.6. The number of nitrogens with two attached hydrogens (primary N) is 1. The van der Waals surface area contributed by atoms with E-state index in [-0.39, 0.29) is 61.3 Å². The second-order valence-electron chi connectivity index (χ2n) is 13.2. The van der Waals surface area contributed by atoms with E-state index in [1.165, 1.54) is 12.1 Å². The number of hydrogen-bond donors (Lipinski definition) is 8. The Morgan fingerprint density at radius 3 is 2.79 bits per heavy atom. The summed E-state index contributed by atoms with van der Waals surface area (Å²) >= 11 is 0. The number of hydrogen-bond acceptors (Lipinski definition) is 10. The molecule has 11 heteroatoms. The highest BCUT2D eigenvalue weighted by Crippen LogP contribution is 2.36. The number of ether oxygens (including phenoxy) is 1. The molecular formula is C37H45N4O7+. The number of phenols is 2. The Bertz CT molecular complexity index is 1720. The summed E-state index contributed by atoms with van der Waals surface area (Å²) in [5.74, 6) is 5.66. The fourth-order valence-electron chi connectivity index (χ4n) is 7.12. The van der Waals surface area contributed by atoms with Crippen molar-refractivity contribution in [3.05, 3.63) is 75.6 Å². The fourth-order valence-corrected chi connectivity index (χ4v) is 7.12. The van der Waals surface area contributed by atoms with Crippen molar-refractivity contribution in [2.45, 2.75) is 95.4 Å². The van der Waals surface area contributed by atoms with Gasteiger partial charge in [-0.3, -0.25) is 20.0 Å². The van der Waals surface area contributed by atoms with Gasteiger partial charge in [-0.2, -0.15) is 0 Å². The average Bonchev–Trinajstić information content (AvgIpc) is 3.62. The van der Waals surface area contributed by atoms with Crippen molar-refractivity contribution < 1.29 is 40.0 Å². The third kappa shape index (κ3) is 7.34. The van der Waals surface area contributed by atoms with Gasteiger partial charge in [-0.15, -0.1) is 0 Å². The number of benzene rings is 2. The lowest BCUT2D eigenvalue weighted by Gasteiger charge is -2.28. The highest BCUT2D eigenvalue weighted by Gasteiger charge is 2.37. The van der Waals surface area contributed by atoms with Gasteiger partial charge in [0.15, 0.2) is 11.5 Å². The predicted octanol–water partition coefficient (Wildman–Crippen LogP) is 1.51. The number of aryl methyl sites for hydroxylation is 1. The van der Waals surface area contributed by atoms with Crippen molar-refractivity contribution in [1.29, 1.82) is 0 Å². The molecule has 0 amide bonds. The van der Waals surface area contributed by atoms with Gasteiger partial charge in [-0.05, 0) is 65.1 Å². The lowest BCUT2D eigenvalue weighted by molar-refractivity contribution is -0.882. The number of aliphatic hydroxyl groups is 3. The molecule has 0 spiro atoms. The third-order valence-corrected chi connectivity index (χ3v) is 9.65. The van der Waals surface area contributed by atoms with Crippen LogP contribution in [0, 0.1) is 11.8 Å². The molecule has 6 atom stereocenters. The number of aromatic hydroxyl groups is 2. The molecule has 2 aromatic carbocycles. The number of carbonyl (C=O) groups excluding carboxylic acids is 1. The van der Waals surface area contributed by atoms with Crippen LogP contribution in [0.5, 0.6) is 17.2 Å². The number of fused-ring (bicyclic) bond motifs is 4. The zero-order chi connectivity index (χ0) is 33.9. The van der Waals surface area contributed by atoms with Crippen LogP contribution >= 0.6 is 0 Å². The van der Waals surface area contributed by atoms with E-state index in [1.807, 2.05) is 25.3 Å². The van der Waals surface area contributed by atoms with Gasteiger partial charge in [0.1, 0.15) is 42.5 Å². The number of nitrogens with one attached hydrogen (secondary N) is 2. The summed E-state index contributed by atoms with van der Waals surface area (Å²) in [5, 5.41) is 56.1. The average molecular weight is 658 g/mol. The van der Waals surface area contributed by atoms with Crippen molar-refractivity contribution in [2.75, 3.05) is 13.1 Å². The SMILES string of the molecule is CCC[C@H](O)C[C@@H](O)CC(=O)CCc1cc(O[C@@H]2CC#C[C@H](O)c3ccc4c(c3CC3=CN=C5C[NH+]2C=C35)CCN[C@H]4N)c(O)cc1O. The summed E-state index contributed by atoms with van der Waals surface area (Å²) in [6.45, 7) is 3.25. The molecule has 0 radical (unpaired) electrons. The van der Waals surface area contributed by atoms with E-state index in [0.717, 1.165) is 63.4 Å². The molecule has 0 saturated heterocycles. The molecule has 0 aliphatic carbocycles. The van der Waals surface area contributed by atoms with Gasteiger partial charge in [0.05, 0.1) is 23.9 Å². The summed E-state index contributed by atoms with van der Waals surface area (Å²) in [6.07, 6.45) is 3.81. The summed E-state index contributed by atoms with van der Waals surface area (Å²) in [5.41, 5.74) is 13.8. The quantitative estimate of drug-likeness (QED) is 0.166. The van der Waals surface area contributed by atoms with Crippen LogP contribution in [-0.4, -0.2) is 68.6 Å². The minimum absolute atomic E-state index is 0.0665. The molecule has 254 valence electrons. The number of rotatable bonds is 11. The number of phenolic OH excluding ortho intramolecular Hbond substituents is 2. The lowest BCUT2D eigenvalue weighted by Crippen LogP contribution is -3.12. The van der Waals surface area contributed by atoms with Crippen molar-refractivity contribution in [2.24, 2.45) is 10.7 Å². The maximum Gasteiger partial charge on any atom is 0.247 e.